The molecule has 0 bridgehead atoms. The van der Waals surface area contributed by atoms with E-state index in [1.807, 2.05) is 6.20 Å². The number of alkyl halides is 1. The Morgan fingerprint density at radius 1 is 1.31 bits per heavy atom. The van der Waals surface area contributed by atoms with E-state index in [4.69, 9.17) is 0 Å². The van der Waals surface area contributed by atoms with Crippen LogP contribution in [0.3, 0.4) is 0 Å². The second-order valence-corrected chi connectivity index (χ2v) is 5.26. The van der Waals surface area contributed by atoms with E-state index in [0.717, 1.165) is 18.7 Å². The summed E-state index contributed by atoms with van der Waals surface area (Å²) in [6.07, 6.45) is 5.63. The molecule has 3 heteroatoms. The van der Waals surface area contributed by atoms with Crippen LogP contribution in [-0.4, -0.2) is 14.8 Å². The normalized spacial score (nSPS) is 12.6. The van der Waals surface area contributed by atoms with Gasteiger partial charge in [0.15, 0.2) is 0 Å². The smallest absolute Gasteiger partial charge is 0.107 e. The number of aryl methyl sites for hydroxylation is 1. The lowest BCUT2D eigenvalue weighted by molar-refractivity contribution is 0.810. The average Bonchev–Trinajstić information content (AvgIpc) is 2.74. The molecule has 0 fully saturated rings. The molecule has 0 aliphatic rings. The number of aromatic nitrogens is 2. The molecule has 1 N–H and O–H groups in total. The van der Waals surface area contributed by atoms with Crippen molar-refractivity contribution in [3.63, 3.8) is 0 Å². The van der Waals surface area contributed by atoms with Crippen molar-refractivity contribution in [3.05, 3.63) is 53.6 Å². The van der Waals surface area contributed by atoms with E-state index in [1.165, 1.54) is 11.1 Å². The second-order valence-electron chi connectivity index (χ2n) is 3.97. The number of imidazole rings is 1. The number of hydrogen-bond donors (Lipinski definition) is 1. The minimum absolute atomic E-state index is 0.430. The number of halogens is 1. The summed E-state index contributed by atoms with van der Waals surface area (Å²) < 4.78 is 0. The molecule has 0 aliphatic carbocycles. The predicted octanol–water partition coefficient (Wildman–Crippen LogP) is 3.27. The lowest BCUT2D eigenvalue weighted by Crippen LogP contribution is -2.08. The SMILES string of the molecule is Cc1ccccc1CC(Br)Cc1ncc[nH]1. The summed E-state index contributed by atoms with van der Waals surface area (Å²) in [7, 11) is 0. The first kappa shape index (κ1) is 11.4. The summed E-state index contributed by atoms with van der Waals surface area (Å²) in [6.45, 7) is 2.15. The largest absolute Gasteiger partial charge is 0.349 e. The lowest BCUT2D eigenvalue weighted by Gasteiger charge is -2.10. The summed E-state index contributed by atoms with van der Waals surface area (Å²) in [6, 6.07) is 8.51. The molecule has 0 amide bonds. The Hall–Kier alpha value is -1.09. The molecule has 0 aliphatic heterocycles. The Morgan fingerprint density at radius 3 is 2.81 bits per heavy atom. The van der Waals surface area contributed by atoms with E-state index < -0.39 is 0 Å². The maximum Gasteiger partial charge on any atom is 0.107 e. The van der Waals surface area contributed by atoms with Crippen LogP contribution in [-0.2, 0) is 12.8 Å². The van der Waals surface area contributed by atoms with Gasteiger partial charge in [-0.05, 0) is 24.5 Å². The van der Waals surface area contributed by atoms with Crippen LogP contribution in [0.1, 0.15) is 17.0 Å². The first-order chi connectivity index (χ1) is 7.75. The third-order valence-corrected chi connectivity index (χ3v) is 3.32. The van der Waals surface area contributed by atoms with Crippen molar-refractivity contribution in [2.45, 2.75) is 24.6 Å². The predicted molar refractivity (Wildman–Crippen MR) is 69.9 cm³/mol. The maximum atomic E-state index is 4.23. The van der Waals surface area contributed by atoms with Gasteiger partial charge in [-0.2, -0.15) is 0 Å². The molecule has 2 rings (SSSR count). The number of nitrogens with zero attached hydrogens (tertiary/aromatic N) is 1. The van der Waals surface area contributed by atoms with Gasteiger partial charge in [-0.1, -0.05) is 40.2 Å². The van der Waals surface area contributed by atoms with Crippen LogP contribution in [0.15, 0.2) is 36.7 Å². The van der Waals surface area contributed by atoms with E-state index in [-0.39, 0.29) is 0 Å². The van der Waals surface area contributed by atoms with Gasteiger partial charge >= 0.3 is 0 Å². The summed E-state index contributed by atoms with van der Waals surface area (Å²) in [5.41, 5.74) is 2.75. The molecule has 1 aromatic carbocycles. The molecule has 0 saturated carbocycles. The summed E-state index contributed by atoms with van der Waals surface area (Å²) in [5, 5.41) is 0. The average molecular weight is 279 g/mol. The fourth-order valence-electron chi connectivity index (χ4n) is 1.77. The number of aromatic amines is 1. The van der Waals surface area contributed by atoms with Crippen LogP contribution in [0.2, 0.25) is 0 Å². The van der Waals surface area contributed by atoms with Crippen LogP contribution in [0, 0.1) is 6.92 Å². The molecular weight excluding hydrogens is 264 g/mol. The Balaban J connectivity index is 1.97. The van der Waals surface area contributed by atoms with E-state index in [9.17, 15) is 0 Å². The minimum Gasteiger partial charge on any atom is -0.349 e. The van der Waals surface area contributed by atoms with Gasteiger partial charge in [0.1, 0.15) is 5.82 Å². The van der Waals surface area contributed by atoms with Crippen molar-refractivity contribution < 1.29 is 0 Å². The zero-order valence-corrected chi connectivity index (χ0v) is 10.9. The molecule has 1 heterocycles. The van der Waals surface area contributed by atoms with Crippen molar-refractivity contribution >= 4 is 15.9 Å². The number of benzene rings is 1. The summed E-state index contributed by atoms with van der Waals surface area (Å²) >= 11 is 3.71. The number of rotatable bonds is 4. The Kier molecular flexibility index (Phi) is 3.78. The molecule has 16 heavy (non-hydrogen) atoms. The monoisotopic (exact) mass is 278 g/mol. The molecular formula is C13H15BrN2. The minimum atomic E-state index is 0.430. The van der Waals surface area contributed by atoms with Crippen molar-refractivity contribution in [1.82, 2.24) is 9.97 Å². The highest BCUT2D eigenvalue weighted by Crippen LogP contribution is 2.16. The van der Waals surface area contributed by atoms with Gasteiger partial charge in [-0.3, -0.25) is 0 Å². The van der Waals surface area contributed by atoms with Gasteiger partial charge in [-0.25, -0.2) is 4.98 Å². The van der Waals surface area contributed by atoms with Gasteiger partial charge in [0.25, 0.3) is 0 Å². The van der Waals surface area contributed by atoms with Crippen LogP contribution >= 0.6 is 15.9 Å². The third kappa shape index (κ3) is 2.95. The van der Waals surface area contributed by atoms with Crippen molar-refractivity contribution in [1.29, 1.82) is 0 Å². The summed E-state index contributed by atoms with van der Waals surface area (Å²) in [5.74, 6) is 1.04. The van der Waals surface area contributed by atoms with Crippen LogP contribution in [0.4, 0.5) is 0 Å². The van der Waals surface area contributed by atoms with Gasteiger partial charge in [0, 0.05) is 23.6 Å². The number of hydrogen-bond acceptors (Lipinski definition) is 1. The third-order valence-electron chi connectivity index (χ3n) is 2.67. The lowest BCUT2D eigenvalue weighted by atomic mass is 10.0. The van der Waals surface area contributed by atoms with Crippen LogP contribution in [0.25, 0.3) is 0 Å². The van der Waals surface area contributed by atoms with Crippen molar-refractivity contribution in [2.75, 3.05) is 0 Å². The van der Waals surface area contributed by atoms with Crippen LogP contribution in [0.5, 0.6) is 0 Å². The summed E-state index contributed by atoms with van der Waals surface area (Å²) in [4.78, 5) is 7.79. The quantitative estimate of drug-likeness (QED) is 0.855. The number of H-pyrrole nitrogens is 1. The Labute approximate surface area is 104 Å². The molecule has 1 unspecified atom stereocenters. The first-order valence-corrected chi connectivity index (χ1v) is 6.34. The first-order valence-electron chi connectivity index (χ1n) is 5.42. The molecule has 84 valence electrons. The molecule has 0 radical (unpaired) electrons. The maximum absolute atomic E-state index is 4.23. The molecule has 0 spiro atoms. The van der Waals surface area contributed by atoms with Crippen molar-refractivity contribution in [3.8, 4) is 0 Å². The van der Waals surface area contributed by atoms with E-state index >= 15 is 0 Å². The molecule has 1 aromatic heterocycles. The Bertz CT molecular complexity index is 437. The zero-order valence-electron chi connectivity index (χ0n) is 9.28. The highest BCUT2D eigenvalue weighted by Gasteiger charge is 2.09. The molecule has 2 aromatic rings. The van der Waals surface area contributed by atoms with E-state index in [2.05, 4.69) is 57.1 Å². The molecule has 2 nitrogen and oxygen atoms in total. The number of nitrogens with one attached hydrogen (secondary N) is 1. The standard InChI is InChI=1S/C13H15BrN2/c1-10-4-2-3-5-11(10)8-12(14)9-13-15-6-7-16-13/h2-7,12H,8-9H2,1H3,(H,15,16). The van der Waals surface area contributed by atoms with Crippen molar-refractivity contribution in [2.24, 2.45) is 0 Å². The van der Waals surface area contributed by atoms with Crippen LogP contribution < -0.4 is 0 Å². The fraction of sp³-hybridized carbons (Fsp3) is 0.308. The van der Waals surface area contributed by atoms with E-state index in [1.54, 1.807) is 6.20 Å². The van der Waals surface area contributed by atoms with Gasteiger partial charge in [-0.15, -0.1) is 0 Å². The highest BCUT2D eigenvalue weighted by atomic mass is 79.9. The molecule has 0 saturated heterocycles. The van der Waals surface area contributed by atoms with Gasteiger partial charge in [0.2, 0.25) is 0 Å². The molecule has 1 atom stereocenters. The Morgan fingerprint density at radius 2 is 2.12 bits per heavy atom. The highest BCUT2D eigenvalue weighted by molar-refractivity contribution is 9.09. The van der Waals surface area contributed by atoms with E-state index in [0.29, 0.717) is 4.83 Å². The van der Waals surface area contributed by atoms with Gasteiger partial charge in [0.05, 0.1) is 0 Å². The second kappa shape index (κ2) is 5.30. The topological polar surface area (TPSA) is 28.7 Å². The zero-order chi connectivity index (χ0) is 11.4. The van der Waals surface area contributed by atoms with Gasteiger partial charge < -0.3 is 4.98 Å². The fourth-order valence-corrected chi connectivity index (χ4v) is 2.42.